The molecule has 3 nitrogen and oxygen atoms in total. The van der Waals surface area contributed by atoms with Crippen molar-refractivity contribution in [2.24, 2.45) is 0 Å². The molecule has 0 bridgehead atoms. The van der Waals surface area contributed by atoms with Gasteiger partial charge >= 0.3 is 0 Å². The fourth-order valence-electron chi connectivity index (χ4n) is 2.33. The number of hydrogen-bond donors (Lipinski definition) is 1. The van der Waals surface area contributed by atoms with Gasteiger partial charge in [0, 0.05) is 4.47 Å². The lowest BCUT2D eigenvalue weighted by molar-refractivity contribution is 0.378. The van der Waals surface area contributed by atoms with Gasteiger partial charge in [0.2, 0.25) is 0 Å². The topological polar surface area (TPSA) is 30.5 Å². The molecule has 0 amide bonds. The highest BCUT2D eigenvalue weighted by atomic mass is 79.9. The Bertz CT molecular complexity index is 564. The van der Waals surface area contributed by atoms with Crippen LogP contribution in [-0.2, 0) is 0 Å². The summed E-state index contributed by atoms with van der Waals surface area (Å²) in [5, 5.41) is 3.33. The van der Waals surface area contributed by atoms with Crippen molar-refractivity contribution in [3.8, 4) is 11.5 Å². The molecule has 0 spiro atoms. The Labute approximate surface area is 128 Å². The molecule has 0 aliphatic heterocycles. The van der Waals surface area contributed by atoms with E-state index in [4.69, 9.17) is 9.47 Å². The van der Waals surface area contributed by atoms with Crippen LogP contribution in [0.15, 0.2) is 46.9 Å². The maximum Gasteiger partial charge on any atom is 0.127 e. The highest BCUT2D eigenvalue weighted by Gasteiger charge is 2.22. The van der Waals surface area contributed by atoms with Gasteiger partial charge in [-0.05, 0) is 30.8 Å². The molecule has 1 unspecified atom stereocenters. The highest BCUT2D eigenvalue weighted by molar-refractivity contribution is 9.10. The lowest BCUT2D eigenvalue weighted by atomic mass is 9.97. The van der Waals surface area contributed by atoms with Crippen molar-refractivity contribution < 1.29 is 9.47 Å². The molecule has 0 heterocycles. The smallest absolute Gasteiger partial charge is 0.127 e. The molecule has 0 saturated carbocycles. The lowest BCUT2D eigenvalue weighted by Crippen LogP contribution is -2.19. The van der Waals surface area contributed by atoms with Gasteiger partial charge in [-0.25, -0.2) is 0 Å². The molecule has 4 heteroatoms. The van der Waals surface area contributed by atoms with Crippen LogP contribution in [0, 0.1) is 0 Å². The van der Waals surface area contributed by atoms with E-state index in [9.17, 15) is 0 Å². The number of halogens is 1. The van der Waals surface area contributed by atoms with Gasteiger partial charge in [-0.3, -0.25) is 0 Å². The van der Waals surface area contributed by atoms with Crippen molar-refractivity contribution in [2.45, 2.75) is 6.04 Å². The summed E-state index contributed by atoms with van der Waals surface area (Å²) in [4.78, 5) is 0. The third-order valence-electron chi connectivity index (χ3n) is 3.26. The molecule has 20 heavy (non-hydrogen) atoms. The van der Waals surface area contributed by atoms with E-state index < -0.39 is 0 Å². The number of methoxy groups -OCH3 is 2. The van der Waals surface area contributed by atoms with Crippen LogP contribution in [0.4, 0.5) is 0 Å². The van der Waals surface area contributed by atoms with Gasteiger partial charge in [-0.1, -0.05) is 40.2 Å². The second kappa shape index (κ2) is 6.77. The second-order valence-corrected chi connectivity index (χ2v) is 5.17. The average Bonchev–Trinajstić information content (AvgIpc) is 2.49. The Kier molecular flexibility index (Phi) is 5.04. The monoisotopic (exact) mass is 335 g/mol. The molecule has 0 fully saturated rings. The van der Waals surface area contributed by atoms with Crippen LogP contribution in [-0.4, -0.2) is 21.3 Å². The molecule has 0 aliphatic carbocycles. The van der Waals surface area contributed by atoms with Crippen molar-refractivity contribution >= 4 is 15.9 Å². The molecule has 2 aromatic rings. The minimum absolute atomic E-state index is 0.0170. The standard InChI is InChI=1S/C16H18BrNO2/c1-18-16(11-7-4-5-8-12(11)17)15-13(19-2)9-6-10-14(15)20-3/h4-10,16,18H,1-3H3. The van der Waals surface area contributed by atoms with E-state index in [0.717, 1.165) is 27.1 Å². The minimum atomic E-state index is -0.0170. The first-order chi connectivity index (χ1) is 9.72. The van der Waals surface area contributed by atoms with Gasteiger partial charge < -0.3 is 14.8 Å². The first-order valence-electron chi connectivity index (χ1n) is 6.35. The quantitative estimate of drug-likeness (QED) is 0.902. The highest BCUT2D eigenvalue weighted by Crippen LogP contribution is 2.39. The van der Waals surface area contributed by atoms with E-state index in [0.29, 0.717) is 0 Å². The Hall–Kier alpha value is -1.52. The van der Waals surface area contributed by atoms with Crippen LogP contribution in [0.25, 0.3) is 0 Å². The summed E-state index contributed by atoms with van der Waals surface area (Å²) in [5.41, 5.74) is 2.13. The number of hydrogen-bond acceptors (Lipinski definition) is 3. The van der Waals surface area contributed by atoms with Crippen LogP contribution >= 0.6 is 15.9 Å². The van der Waals surface area contributed by atoms with Gasteiger partial charge in [-0.2, -0.15) is 0 Å². The number of ether oxygens (including phenoxy) is 2. The SMILES string of the molecule is CNC(c1ccccc1Br)c1c(OC)cccc1OC. The van der Waals surface area contributed by atoms with E-state index in [-0.39, 0.29) is 6.04 Å². The Morgan fingerprint density at radius 1 is 0.950 bits per heavy atom. The number of nitrogens with one attached hydrogen (secondary N) is 1. The summed E-state index contributed by atoms with van der Waals surface area (Å²) in [6, 6.07) is 13.9. The zero-order valence-electron chi connectivity index (χ0n) is 11.8. The molecular weight excluding hydrogens is 318 g/mol. The van der Waals surface area contributed by atoms with Gasteiger partial charge in [0.1, 0.15) is 11.5 Å². The van der Waals surface area contributed by atoms with Crippen LogP contribution in [0.1, 0.15) is 17.2 Å². The Morgan fingerprint density at radius 3 is 2.05 bits per heavy atom. The van der Waals surface area contributed by atoms with Gasteiger partial charge in [-0.15, -0.1) is 0 Å². The lowest BCUT2D eigenvalue weighted by Gasteiger charge is -2.23. The van der Waals surface area contributed by atoms with E-state index in [1.807, 2.05) is 43.4 Å². The molecule has 0 aliphatic rings. The van der Waals surface area contributed by atoms with E-state index in [1.54, 1.807) is 14.2 Å². The molecular formula is C16H18BrNO2. The second-order valence-electron chi connectivity index (χ2n) is 4.32. The first-order valence-corrected chi connectivity index (χ1v) is 7.14. The zero-order chi connectivity index (χ0) is 14.5. The molecule has 0 aromatic heterocycles. The summed E-state index contributed by atoms with van der Waals surface area (Å²) in [6.07, 6.45) is 0. The predicted octanol–water partition coefficient (Wildman–Crippen LogP) is 3.78. The normalized spacial score (nSPS) is 12.0. The molecule has 0 radical (unpaired) electrons. The molecule has 0 saturated heterocycles. The summed E-state index contributed by atoms with van der Waals surface area (Å²) < 4.78 is 12.0. The Balaban J connectivity index is 2.60. The largest absolute Gasteiger partial charge is 0.496 e. The summed E-state index contributed by atoms with van der Waals surface area (Å²) in [7, 11) is 5.27. The summed E-state index contributed by atoms with van der Waals surface area (Å²) >= 11 is 3.61. The Morgan fingerprint density at radius 2 is 1.55 bits per heavy atom. The van der Waals surface area contributed by atoms with Crippen molar-refractivity contribution in [2.75, 3.05) is 21.3 Å². The van der Waals surface area contributed by atoms with Gasteiger partial charge in [0.05, 0.1) is 25.8 Å². The minimum Gasteiger partial charge on any atom is -0.496 e. The maximum atomic E-state index is 5.50. The zero-order valence-corrected chi connectivity index (χ0v) is 13.4. The van der Waals surface area contributed by atoms with Crippen molar-refractivity contribution in [3.63, 3.8) is 0 Å². The molecule has 2 aromatic carbocycles. The molecule has 106 valence electrons. The molecule has 2 rings (SSSR count). The first kappa shape index (κ1) is 14.9. The molecule has 1 atom stereocenters. The van der Waals surface area contributed by atoms with Crippen LogP contribution in [0.5, 0.6) is 11.5 Å². The van der Waals surface area contributed by atoms with Gasteiger partial charge in [0.15, 0.2) is 0 Å². The maximum absolute atomic E-state index is 5.50. The third kappa shape index (κ3) is 2.81. The van der Waals surface area contributed by atoms with Gasteiger partial charge in [0.25, 0.3) is 0 Å². The number of benzene rings is 2. The van der Waals surface area contributed by atoms with Crippen LogP contribution in [0.3, 0.4) is 0 Å². The van der Waals surface area contributed by atoms with Crippen LogP contribution in [0.2, 0.25) is 0 Å². The van der Waals surface area contributed by atoms with Crippen LogP contribution < -0.4 is 14.8 Å². The van der Waals surface area contributed by atoms with E-state index in [1.165, 1.54) is 0 Å². The van der Waals surface area contributed by atoms with E-state index in [2.05, 4.69) is 27.3 Å². The summed E-state index contributed by atoms with van der Waals surface area (Å²) in [5.74, 6) is 1.61. The van der Waals surface area contributed by atoms with Crippen molar-refractivity contribution in [1.82, 2.24) is 5.32 Å². The van der Waals surface area contributed by atoms with E-state index >= 15 is 0 Å². The number of rotatable bonds is 5. The molecule has 1 N–H and O–H groups in total. The van der Waals surface area contributed by atoms with Crippen molar-refractivity contribution in [1.29, 1.82) is 0 Å². The third-order valence-corrected chi connectivity index (χ3v) is 3.98. The fraction of sp³-hybridized carbons (Fsp3) is 0.250. The summed E-state index contributed by atoms with van der Waals surface area (Å²) in [6.45, 7) is 0. The fourth-order valence-corrected chi connectivity index (χ4v) is 2.84. The van der Waals surface area contributed by atoms with Crippen molar-refractivity contribution in [3.05, 3.63) is 58.1 Å². The predicted molar refractivity (Wildman–Crippen MR) is 84.6 cm³/mol. The average molecular weight is 336 g/mol.